The lowest BCUT2D eigenvalue weighted by Crippen LogP contribution is -2.62. The van der Waals surface area contributed by atoms with Crippen molar-refractivity contribution < 1.29 is 0 Å². The minimum Gasteiger partial charge on any atom is -0.0628 e. The zero-order valence-electron chi connectivity index (χ0n) is 21.9. The molecule has 4 aliphatic rings. The van der Waals surface area contributed by atoms with Gasteiger partial charge in [0.15, 0.2) is 0 Å². The largest absolute Gasteiger partial charge is 0.0628 e. The van der Waals surface area contributed by atoms with E-state index in [1.807, 2.05) is 0 Å². The van der Waals surface area contributed by atoms with Crippen molar-refractivity contribution in [1.29, 1.82) is 0 Å². The SMILES string of the molecule is CC(C)CCC[C@@H](C)[C@H]1CC[C@@]2(C)[C@H]1CC[C@H]1[C@@]3(C)CCCC(C)(C)[C@@H]3CC[C@@]12C. The van der Waals surface area contributed by atoms with Gasteiger partial charge in [0, 0.05) is 0 Å². The van der Waals surface area contributed by atoms with Crippen LogP contribution in [-0.2, 0) is 0 Å². The Bertz CT molecular complexity index is 616. The lowest BCUT2D eigenvalue weighted by atomic mass is 9.35. The standard InChI is InChI=1S/C30H54/c1-21(2)11-9-12-22(3)23-15-19-29(7)24(23)13-14-26-28(6)18-10-17-27(4,5)25(28)16-20-30(26,29)8/h21-26H,9-20H2,1-8H3/t22-,23-,24+,25+,26+,28+,29+,30+/m1/s1. The van der Waals surface area contributed by atoms with Gasteiger partial charge in [0.2, 0.25) is 0 Å². The highest BCUT2D eigenvalue weighted by Gasteiger charge is 2.67. The molecule has 174 valence electrons. The second kappa shape index (κ2) is 7.80. The molecule has 0 aromatic heterocycles. The van der Waals surface area contributed by atoms with E-state index in [0.717, 1.165) is 35.5 Å². The van der Waals surface area contributed by atoms with Crippen LogP contribution in [0.1, 0.15) is 132 Å². The first-order valence-electron chi connectivity index (χ1n) is 14.0. The third kappa shape index (κ3) is 3.36. The van der Waals surface area contributed by atoms with E-state index in [-0.39, 0.29) is 0 Å². The van der Waals surface area contributed by atoms with Crippen LogP contribution in [0.25, 0.3) is 0 Å². The van der Waals surface area contributed by atoms with Crippen LogP contribution in [0, 0.1) is 57.2 Å². The Morgan fingerprint density at radius 1 is 0.700 bits per heavy atom. The Labute approximate surface area is 189 Å². The molecule has 0 spiro atoms. The molecule has 0 heterocycles. The highest BCUT2D eigenvalue weighted by atomic mass is 14.7. The van der Waals surface area contributed by atoms with Gasteiger partial charge in [-0.25, -0.2) is 0 Å². The fraction of sp³-hybridized carbons (Fsp3) is 1.00. The van der Waals surface area contributed by atoms with Crippen LogP contribution < -0.4 is 0 Å². The summed E-state index contributed by atoms with van der Waals surface area (Å²) in [5.74, 6) is 5.76. The first-order valence-corrected chi connectivity index (χ1v) is 14.0. The molecule has 0 aliphatic heterocycles. The molecule has 0 nitrogen and oxygen atoms in total. The van der Waals surface area contributed by atoms with Gasteiger partial charge in [0.05, 0.1) is 0 Å². The molecule has 0 aromatic rings. The minimum absolute atomic E-state index is 0.565. The summed E-state index contributed by atoms with van der Waals surface area (Å²) in [5.41, 5.74) is 2.35. The number of fused-ring (bicyclic) bond motifs is 5. The summed E-state index contributed by atoms with van der Waals surface area (Å²) in [6, 6.07) is 0. The molecule has 0 N–H and O–H groups in total. The van der Waals surface area contributed by atoms with Gasteiger partial charge in [-0.1, -0.05) is 81.1 Å². The molecule has 30 heavy (non-hydrogen) atoms. The van der Waals surface area contributed by atoms with Gasteiger partial charge in [-0.15, -0.1) is 0 Å². The maximum absolute atomic E-state index is 2.79. The Hall–Kier alpha value is 0. The van der Waals surface area contributed by atoms with E-state index < -0.39 is 0 Å². The maximum atomic E-state index is 2.79. The van der Waals surface area contributed by atoms with Crippen LogP contribution in [0.3, 0.4) is 0 Å². The van der Waals surface area contributed by atoms with Crippen LogP contribution in [0.4, 0.5) is 0 Å². The Morgan fingerprint density at radius 2 is 1.40 bits per heavy atom. The van der Waals surface area contributed by atoms with Crippen molar-refractivity contribution in [3.63, 3.8) is 0 Å². The number of hydrogen-bond acceptors (Lipinski definition) is 0. The first-order chi connectivity index (χ1) is 14.0. The highest BCUT2D eigenvalue weighted by Crippen LogP contribution is 2.75. The maximum Gasteiger partial charge on any atom is -0.0235 e. The van der Waals surface area contributed by atoms with E-state index in [2.05, 4.69) is 55.4 Å². The van der Waals surface area contributed by atoms with Crippen molar-refractivity contribution in [2.75, 3.05) is 0 Å². The molecule has 4 rings (SSSR count). The first kappa shape index (κ1) is 23.2. The highest BCUT2D eigenvalue weighted by molar-refractivity contribution is 5.16. The molecule has 4 saturated carbocycles. The minimum atomic E-state index is 0.565. The Morgan fingerprint density at radius 3 is 2.10 bits per heavy atom. The molecule has 4 fully saturated rings. The van der Waals surface area contributed by atoms with Crippen LogP contribution in [0.2, 0.25) is 0 Å². The number of hydrogen-bond donors (Lipinski definition) is 0. The third-order valence-electron chi connectivity index (χ3n) is 12.4. The molecule has 0 radical (unpaired) electrons. The second-order valence-corrected chi connectivity index (χ2v) is 14.5. The molecule has 4 aliphatic carbocycles. The summed E-state index contributed by atoms with van der Waals surface area (Å²) in [6.45, 7) is 20.9. The number of rotatable bonds is 5. The summed E-state index contributed by atoms with van der Waals surface area (Å²) < 4.78 is 0. The normalized spacial score (nSPS) is 48.7. The zero-order chi connectivity index (χ0) is 21.9. The molecule has 0 unspecified atom stereocenters. The Balaban J connectivity index is 1.55. The predicted octanol–water partition coefficient (Wildman–Crippen LogP) is 9.52. The van der Waals surface area contributed by atoms with Crippen molar-refractivity contribution in [2.45, 2.75) is 132 Å². The smallest absolute Gasteiger partial charge is 0.0235 e. The average Bonchev–Trinajstić information content (AvgIpc) is 2.99. The van der Waals surface area contributed by atoms with Gasteiger partial charge in [-0.05, 0) is 109 Å². The van der Waals surface area contributed by atoms with E-state index in [4.69, 9.17) is 0 Å². The van der Waals surface area contributed by atoms with E-state index in [1.54, 1.807) is 6.42 Å². The molecule has 0 saturated heterocycles. The van der Waals surface area contributed by atoms with Gasteiger partial charge >= 0.3 is 0 Å². The quantitative estimate of drug-likeness (QED) is 0.420. The van der Waals surface area contributed by atoms with Gasteiger partial charge in [0.25, 0.3) is 0 Å². The summed E-state index contributed by atoms with van der Waals surface area (Å²) in [4.78, 5) is 0. The third-order valence-corrected chi connectivity index (χ3v) is 12.4. The zero-order valence-corrected chi connectivity index (χ0v) is 21.9. The van der Waals surface area contributed by atoms with Crippen LogP contribution in [-0.4, -0.2) is 0 Å². The van der Waals surface area contributed by atoms with Gasteiger partial charge < -0.3 is 0 Å². The molecular weight excluding hydrogens is 360 g/mol. The second-order valence-electron chi connectivity index (χ2n) is 14.5. The lowest BCUT2D eigenvalue weighted by molar-refractivity contribution is -0.203. The van der Waals surface area contributed by atoms with Crippen molar-refractivity contribution in [3.05, 3.63) is 0 Å². The van der Waals surface area contributed by atoms with Gasteiger partial charge in [0.1, 0.15) is 0 Å². The van der Waals surface area contributed by atoms with Crippen molar-refractivity contribution >= 4 is 0 Å². The van der Waals surface area contributed by atoms with E-state index in [1.165, 1.54) is 70.6 Å². The molecule has 8 atom stereocenters. The molecule has 0 amide bonds. The molecular formula is C30H54. The fourth-order valence-electron chi connectivity index (χ4n) is 10.6. The summed E-state index contributed by atoms with van der Waals surface area (Å²) in [7, 11) is 0. The van der Waals surface area contributed by atoms with E-state index in [9.17, 15) is 0 Å². The van der Waals surface area contributed by atoms with Crippen molar-refractivity contribution in [1.82, 2.24) is 0 Å². The van der Waals surface area contributed by atoms with Crippen LogP contribution in [0.5, 0.6) is 0 Å². The van der Waals surface area contributed by atoms with Crippen molar-refractivity contribution in [3.8, 4) is 0 Å². The van der Waals surface area contributed by atoms with E-state index in [0.29, 0.717) is 21.7 Å². The average molecular weight is 415 g/mol. The summed E-state index contributed by atoms with van der Waals surface area (Å²) >= 11 is 0. The summed E-state index contributed by atoms with van der Waals surface area (Å²) in [5, 5.41) is 0. The lowest BCUT2D eigenvalue weighted by Gasteiger charge is -2.69. The Kier molecular flexibility index (Phi) is 6.02. The van der Waals surface area contributed by atoms with Gasteiger partial charge in [-0.2, -0.15) is 0 Å². The summed E-state index contributed by atoms with van der Waals surface area (Å²) in [6.07, 6.45) is 18.0. The molecule has 0 aromatic carbocycles. The predicted molar refractivity (Wildman–Crippen MR) is 131 cm³/mol. The van der Waals surface area contributed by atoms with Crippen molar-refractivity contribution in [2.24, 2.45) is 57.2 Å². The topological polar surface area (TPSA) is 0 Å². The van der Waals surface area contributed by atoms with Crippen LogP contribution in [0.15, 0.2) is 0 Å². The van der Waals surface area contributed by atoms with E-state index >= 15 is 0 Å². The van der Waals surface area contributed by atoms with Gasteiger partial charge in [-0.3, -0.25) is 0 Å². The monoisotopic (exact) mass is 414 g/mol. The fourth-order valence-corrected chi connectivity index (χ4v) is 10.6. The molecule has 0 bridgehead atoms. The van der Waals surface area contributed by atoms with Crippen LogP contribution >= 0.6 is 0 Å². The molecule has 0 heteroatoms.